The van der Waals surface area contributed by atoms with Gasteiger partial charge in [-0.05, 0) is 12.5 Å². The topological polar surface area (TPSA) is 55.6 Å². The summed E-state index contributed by atoms with van der Waals surface area (Å²) in [6, 6.07) is 10.0. The highest BCUT2D eigenvalue weighted by Gasteiger charge is 2.59. The average molecular weight is 323 g/mol. The van der Waals surface area contributed by atoms with Crippen LogP contribution in [-0.2, 0) is 25.6 Å². The molecule has 0 aliphatic carbocycles. The van der Waals surface area contributed by atoms with E-state index in [9.17, 15) is 9.59 Å². The summed E-state index contributed by atoms with van der Waals surface area (Å²) in [5.41, 5.74) is 0.552. The standard InChI is InChI=1S/C16H21NO4S/c1-3-21-15(19)16(12-22-10-14(18)20-2)11-17(16)9-13-7-5-4-6-8-13/h4-8H,3,9-12H2,1-2H3. The smallest absolute Gasteiger partial charge is 0.328 e. The highest BCUT2D eigenvalue weighted by Crippen LogP contribution is 2.38. The monoisotopic (exact) mass is 323 g/mol. The third-order valence-electron chi connectivity index (χ3n) is 3.61. The molecule has 2 unspecified atom stereocenters. The van der Waals surface area contributed by atoms with Gasteiger partial charge in [-0.1, -0.05) is 30.3 Å². The van der Waals surface area contributed by atoms with E-state index in [-0.39, 0.29) is 17.7 Å². The lowest BCUT2D eigenvalue weighted by molar-refractivity contribution is -0.147. The maximum absolute atomic E-state index is 12.3. The predicted octanol–water partition coefficient (Wildman–Crippen LogP) is 1.71. The Balaban J connectivity index is 1.96. The summed E-state index contributed by atoms with van der Waals surface area (Å²) < 4.78 is 9.84. The lowest BCUT2D eigenvalue weighted by atomic mass is 10.2. The number of rotatable bonds is 8. The van der Waals surface area contributed by atoms with E-state index in [4.69, 9.17) is 4.74 Å². The number of hydrogen-bond acceptors (Lipinski definition) is 6. The molecule has 0 radical (unpaired) electrons. The van der Waals surface area contributed by atoms with Gasteiger partial charge in [-0.25, -0.2) is 4.79 Å². The fraction of sp³-hybridized carbons (Fsp3) is 0.500. The highest BCUT2D eigenvalue weighted by molar-refractivity contribution is 8.00. The fourth-order valence-corrected chi connectivity index (χ4v) is 3.42. The second-order valence-electron chi connectivity index (χ2n) is 5.16. The maximum Gasteiger partial charge on any atom is 0.328 e. The van der Waals surface area contributed by atoms with Gasteiger partial charge in [0.25, 0.3) is 0 Å². The van der Waals surface area contributed by atoms with Crippen molar-refractivity contribution in [2.75, 3.05) is 31.8 Å². The van der Waals surface area contributed by atoms with Crippen LogP contribution in [0.4, 0.5) is 0 Å². The van der Waals surface area contributed by atoms with E-state index in [0.717, 1.165) is 5.56 Å². The van der Waals surface area contributed by atoms with Crippen molar-refractivity contribution in [1.82, 2.24) is 4.90 Å². The minimum absolute atomic E-state index is 0.205. The first kappa shape index (κ1) is 16.8. The highest BCUT2D eigenvalue weighted by atomic mass is 32.2. The van der Waals surface area contributed by atoms with Crippen LogP contribution < -0.4 is 0 Å². The first-order chi connectivity index (χ1) is 10.6. The second-order valence-corrected chi connectivity index (χ2v) is 6.15. The van der Waals surface area contributed by atoms with Gasteiger partial charge in [0.15, 0.2) is 0 Å². The molecule has 0 spiro atoms. The molecule has 5 nitrogen and oxygen atoms in total. The molecule has 0 aromatic heterocycles. The first-order valence-electron chi connectivity index (χ1n) is 7.23. The van der Waals surface area contributed by atoms with E-state index in [2.05, 4.69) is 9.64 Å². The largest absolute Gasteiger partial charge is 0.468 e. The summed E-state index contributed by atoms with van der Waals surface area (Å²) in [6.07, 6.45) is 0. The minimum Gasteiger partial charge on any atom is -0.468 e. The zero-order valence-electron chi connectivity index (χ0n) is 12.9. The van der Waals surface area contributed by atoms with Crippen LogP contribution >= 0.6 is 11.8 Å². The SMILES string of the molecule is CCOC(=O)C1(CSCC(=O)OC)CN1Cc1ccccc1. The van der Waals surface area contributed by atoms with Crippen molar-refractivity contribution >= 4 is 23.7 Å². The molecule has 0 bridgehead atoms. The Bertz CT molecular complexity index is 522. The van der Waals surface area contributed by atoms with Gasteiger partial charge in [-0.3, -0.25) is 9.69 Å². The van der Waals surface area contributed by atoms with E-state index in [1.54, 1.807) is 6.92 Å². The molecule has 1 aliphatic rings. The third kappa shape index (κ3) is 4.01. The van der Waals surface area contributed by atoms with E-state index >= 15 is 0 Å². The van der Waals surface area contributed by atoms with E-state index in [1.165, 1.54) is 18.9 Å². The van der Waals surface area contributed by atoms with Gasteiger partial charge in [0.1, 0.15) is 5.54 Å². The van der Waals surface area contributed by atoms with Gasteiger partial charge in [0, 0.05) is 18.8 Å². The molecular weight excluding hydrogens is 302 g/mol. The van der Waals surface area contributed by atoms with Crippen LogP contribution in [0.25, 0.3) is 0 Å². The van der Waals surface area contributed by atoms with Gasteiger partial charge in [0.2, 0.25) is 0 Å². The van der Waals surface area contributed by atoms with Gasteiger partial charge in [0.05, 0.1) is 19.5 Å². The van der Waals surface area contributed by atoms with Crippen LogP contribution in [0.2, 0.25) is 0 Å². The number of benzene rings is 1. The molecular formula is C16H21NO4S. The fourth-order valence-electron chi connectivity index (χ4n) is 2.31. The minimum atomic E-state index is -0.607. The van der Waals surface area contributed by atoms with Crippen molar-refractivity contribution in [3.8, 4) is 0 Å². The van der Waals surface area contributed by atoms with Crippen molar-refractivity contribution in [3.05, 3.63) is 35.9 Å². The molecule has 6 heteroatoms. The Morgan fingerprint density at radius 2 is 2.05 bits per heavy atom. The van der Waals surface area contributed by atoms with Crippen molar-refractivity contribution in [1.29, 1.82) is 0 Å². The Hall–Kier alpha value is -1.53. The molecule has 1 heterocycles. The summed E-state index contributed by atoms with van der Waals surface area (Å²) in [5, 5.41) is 0. The molecule has 22 heavy (non-hydrogen) atoms. The lowest BCUT2D eigenvalue weighted by Gasteiger charge is -2.16. The molecule has 2 atom stereocenters. The molecule has 1 aromatic rings. The molecule has 2 rings (SSSR count). The quantitative estimate of drug-likeness (QED) is 0.536. The normalized spacial score (nSPS) is 22.9. The number of carbonyl (C=O) groups excluding carboxylic acids is 2. The van der Waals surface area contributed by atoms with Crippen molar-refractivity contribution in [3.63, 3.8) is 0 Å². The van der Waals surface area contributed by atoms with Crippen LogP contribution in [0.5, 0.6) is 0 Å². The lowest BCUT2D eigenvalue weighted by Crippen LogP contribution is -2.34. The van der Waals surface area contributed by atoms with E-state index < -0.39 is 5.54 Å². The molecule has 1 aromatic carbocycles. The predicted molar refractivity (Wildman–Crippen MR) is 85.6 cm³/mol. The van der Waals surface area contributed by atoms with Crippen LogP contribution in [0, 0.1) is 0 Å². The number of nitrogens with zero attached hydrogens (tertiary/aromatic N) is 1. The number of esters is 2. The molecule has 1 aliphatic heterocycles. The van der Waals surface area contributed by atoms with Crippen LogP contribution in [0.1, 0.15) is 12.5 Å². The molecule has 1 saturated heterocycles. The number of thioether (sulfide) groups is 1. The van der Waals surface area contributed by atoms with Crippen molar-refractivity contribution in [2.24, 2.45) is 0 Å². The Morgan fingerprint density at radius 1 is 1.32 bits per heavy atom. The zero-order valence-corrected chi connectivity index (χ0v) is 13.7. The van der Waals surface area contributed by atoms with Crippen LogP contribution in [-0.4, -0.2) is 54.1 Å². The maximum atomic E-state index is 12.3. The van der Waals surface area contributed by atoms with E-state index in [0.29, 0.717) is 25.4 Å². The number of hydrogen-bond donors (Lipinski definition) is 0. The molecule has 0 saturated carbocycles. The summed E-state index contributed by atoms with van der Waals surface area (Å²) in [7, 11) is 1.36. The zero-order chi connectivity index (χ0) is 16.0. The summed E-state index contributed by atoms with van der Waals surface area (Å²) >= 11 is 1.41. The van der Waals surface area contributed by atoms with Crippen LogP contribution in [0.15, 0.2) is 30.3 Å². The first-order valence-corrected chi connectivity index (χ1v) is 8.38. The Labute approximate surface area is 135 Å². The number of methoxy groups -OCH3 is 1. The molecule has 1 fully saturated rings. The number of ether oxygens (including phenoxy) is 2. The van der Waals surface area contributed by atoms with E-state index in [1.807, 2.05) is 30.3 Å². The Morgan fingerprint density at radius 3 is 2.68 bits per heavy atom. The van der Waals surface area contributed by atoms with Crippen LogP contribution in [0.3, 0.4) is 0 Å². The molecule has 0 N–H and O–H groups in total. The summed E-state index contributed by atoms with van der Waals surface area (Å²) in [4.78, 5) is 25.6. The van der Waals surface area contributed by atoms with Gasteiger partial charge in [-0.2, -0.15) is 0 Å². The number of carbonyl (C=O) groups is 2. The average Bonchev–Trinajstić information content (AvgIpc) is 3.22. The molecule has 120 valence electrons. The van der Waals surface area contributed by atoms with Crippen molar-refractivity contribution in [2.45, 2.75) is 19.0 Å². The second kappa shape index (κ2) is 7.65. The molecule has 0 amide bonds. The summed E-state index contributed by atoms with van der Waals surface area (Å²) in [5.74, 6) is 0.299. The third-order valence-corrected chi connectivity index (χ3v) is 4.74. The van der Waals surface area contributed by atoms with Crippen molar-refractivity contribution < 1.29 is 19.1 Å². The summed E-state index contributed by atoms with van der Waals surface area (Å²) in [6.45, 7) is 3.53. The van der Waals surface area contributed by atoms with Gasteiger partial charge in [-0.15, -0.1) is 11.8 Å². The van der Waals surface area contributed by atoms with Gasteiger partial charge >= 0.3 is 11.9 Å². The Kier molecular flexibility index (Phi) is 5.85. The van der Waals surface area contributed by atoms with Gasteiger partial charge < -0.3 is 9.47 Å².